The van der Waals surface area contributed by atoms with Crippen LogP contribution in [0.25, 0.3) is 0 Å². The molecule has 2 unspecified atom stereocenters. The minimum absolute atomic E-state index is 0.0215. The Morgan fingerprint density at radius 3 is 2.75 bits per heavy atom. The molecule has 1 N–H and O–H groups in total. The molecule has 1 aliphatic rings. The van der Waals surface area contributed by atoms with Crippen LogP contribution in [0, 0.1) is 12.8 Å². The van der Waals surface area contributed by atoms with Crippen LogP contribution in [0.5, 0.6) is 0 Å². The van der Waals surface area contributed by atoms with Gasteiger partial charge in [0.25, 0.3) is 0 Å². The molecule has 1 aliphatic carbocycles. The topological polar surface area (TPSA) is 29.5 Å². The van der Waals surface area contributed by atoms with E-state index in [1.54, 1.807) is 0 Å². The SMILES string of the molecule is CCOC(C1CC1)C(O)c1cccc(C)c1. The fourth-order valence-electron chi connectivity index (χ4n) is 2.15. The number of aryl methyl sites for hydroxylation is 1. The third kappa shape index (κ3) is 2.63. The minimum atomic E-state index is -0.479. The quantitative estimate of drug-likeness (QED) is 0.826. The number of benzene rings is 1. The van der Waals surface area contributed by atoms with Crippen molar-refractivity contribution in [1.82, 2.24) is 0 Å². The molecule has 0 spiro atoms. The summed E-state index contributed by atoms with van der Waals surface area (Å²) in [4.78, 5) is 0. The van der Waals surface area contributed by atoms with Crippen molar-refractivity contribution in [3.63, 3.8) is 0 Å². The number of aliphatic hydroxyl groups is 1. The van der Waals surface area contributed by atoms with E-state index in [9.17, 15) is 5.11 Å². The van der Waals surface area contributed by atoms with E-state index in [1.807, 2.05) is 38.1 Å². The molecule has 1 saturated carbocycles. The molecule has 1 fully saturated rings. The van der Waals surface area contributed by atoms with E-state index in [2.05, 4.69) is 0 Å². The fourth-order valence-corrected chi connectivity index (χ4v) is 2.15. The van der Waals surface area contributed by atoms with Crippen LogP contribution in [-0.2, 0) is 4.74 Å². The number of ether oxygens (including phenoxy) is 1. The van der Waals surface area contributed by atoms with E-state index < -0.39 is 6.10 Å². The average molecular weight is 220 g/mol. The molecule has 0 heterocycles. The first kappa shape index (κ1) is 11.6. The van der Waals surface area contributed by atoms with Crippen molar-refractivity contribution < 1.29 is 9.84 Å². The van der Waals surface area contributed by atoms with E-state index in [0.717, 1.165) is 5.56 Å². The normalized spacial score (nSPS) is 19.4. The lowest BCUT2D eigenvalue weighted by Gasteiger charge is -2.23. The Morgan fingerprint density at radius 1 is 1.44 bits per heavy atom. The molecule has 88 valence electrons. The highest BCUT2D eigenvalue weighted by atomic mass is 16.5. The summed E-state index contributed by atoms with van der Waals surface area (Å²) in [5.41, 5.74) is 2.16. The van der Waals surface area contributed by atoms with Gasteiger partial charge in [0.05, 0.1) is 6.10 Å². The molecular formula is C14H20O2. The second kappa shape index (κ2) is 4.98. The molecule has 16 heavy (non-hydrogen) atoms. The van der Waals surface area contributed by atoms with Crippen molar-refractivity contribution in [2.24, 2.45) is 5.92 Å². The van der Waals surface area contributed by atoms with Crippen LogP contribution in [0.1, 0.15) is 37.0 Å². The third-order valence-electron chi connectivity index (χ3n) is 3.14. The second-order valence-corrected chi connectivity index (χ2v) is 4.62. The Balaban J connectivity index is 2.12. The van der Waals surface area contributed by atoms with Crippen molar-refractivity contribution in [1.29, 1.82) is 0 Å². The van der Waals surface area contributed by atoms with Crippen LogP contribution in [0.3, 0.4) is 0 Å². The highest BCUT2D eigenvalue weighted by Gasteiger charge is 2.37. The first-order chi connectivity index (χ1) is 7.72. The number of rotatable bonds is 5. The number of hydrogen-bond acceptors (Lipinski definition) is 2. The molecule has 1 aromatic carbocycles. The van der Waals surface area contributed by atoms with E-state index >= 15 is 0 Å². The Morgan fingerprint density at radius 2 is 2.19 bits per heavy atom. The van der Waals surface area contributed by atoms with E-state index in [-0.39, 0.29) is 6.10 Å². The lowest BCUT2D eigenvalue weighted by Crippen LogP contribution is -2.24. The molecule has 2 heteroatoms. The predicted molar refractivity (Wildman–Crippen MR) is 64.3 cm³/mol. The summed E-state index contributed by atoms with van der Waals surface area (Å²) in [5.74, 6) is 0.551. The van der Waals surface area contributed by atoms with Gasteiger partial charge >= 0.3 is 0 Å². The fraction of sp³-hybridized carbons (Fsp3) is 0.571. The van der Waals surface area contributed by atoms with Gasteiger partial charge in [-0.05, 0) is 38.2 Å². The molecule has 0 amide bonds. The highest BCUT2D eigenvalue weighted by Crippen LogP contribution is 2.40. The summed E-state index contributed by atoms with van der Waals surface area (Å²) in [7, 11) is 0. The highest BCUT2D eigenvalue weighted by molar-refractivity contribution is 5.25. The number of aliphatic hydroxyl groups excluding tert-OH is 1. The molecule has 0 aromatic heterocycles. The third-order valence-corrected chi connectivity index (χ3v) is 3.14. The summed E-state index contributed by atoms with van der Waals surface area (Å²) in [6, 6.07) is 8.05. The maximum Gasteiger partial charge on any atom is 0.105 e. The van der Waals surface area contributed by atoms with Crippen LogP contribution in [0.15, 0.2) is 24.3 Å². The minimum Gasteiger partial charge on any atom is -0.386 e. The van der Waals surface area contributed by atoms with Crippen LogP contribution in [0.2, 0.25) is 0 Å². The van der Waals surface area contributed by atoms with Gasteiger partial charge in [0.15, 0.2) is 0 Å². The molecule has 2 nitrogen and oxygen atoms in total. The maximum atomic E-state index is 10.3. The molecule has 2 atom stereocenters. The zero-order chi connectivity index (χ0) is 11.5. The summed E-state index contributed by atoms with van der Waals surface area (Å²) in [5, 5.41) is 10.3. The maximum absolute atomic E-state index is 10.3. The zero-order valence-electron chi connectivity index (χ0n) is 10.0. The van der Waals surface area contributed by atoms with Gasteiger partial charge in [-0.1, -0.05) is 29.8 Å². The van der Waals surface area contributed by atoms with Crippen LogP contribution in [0.4, 0.5) is 0 Å². The second-order valence-electron chi connectivity index (χ2n) is 4.62. The predicted octanol–water partition coefficient (Wildman–Crippen LogP) is 2.84. The van der Waals surface area contributed by atoms with E-state index in [0.29, 0.717) is 12.5 Å². The Labute approximate surface area is 97.3 Å². The van der Waals surface area contributed by atoms with Crippen LogP contribution in [-0.4, -0.2) is 17.8 Å². The Bertz CT molecular complexity index is 344. The molecule has 1 aromatic rings. The number of hydrogen-bond donors (Lipinski definition) is 1. The van der Waals surface area contributed by atoms with Crippen molar-refractivity contribution in [3.05, 3.63) is 35.4 Å². The molecule has 0 aliphatic heterocycles. The molecule has 0 saturated heterocycles. The van der Waals surface area contributed by atoms with Crippen molar-refractivity contribution >= 4 is 0 Å². The lowest BCUT2D eigenvalue weighted by atomic mass is 9.99. The average Bonchev–Trinajstić information content (AvgIpc) is 3.09. The summed E-state index contributed by atoms with van der Waals surface area (Å²) >= 11 is 0. The Hall–Kier alpha value is -0.860. The summed E-state index contributed by atoms with van der Waals surface area (Å²) in [6.45, 7) is 4.70. The molecule has 0 radical (unpaired) electrons. The van der Waals surface area contributed by atoms with Gasteiger partial charge < -0.3 is 9.84 Å². The van der Waals surface area contributed by atoms with Gasteiger partial charge in [-0.2, -0.15) is 0 Å². The molecule has 0 bridgehead atoms. The monoisotopic (exact) mass is 220 g/mol. The molecule has 2 rings (SSSR count). The summed E-state index contributed by atoms with van der Waals surface area (Å²) < 4.78 is 5.67. The van der Waals surface area contributed by atoms with Gasteiger partial charge in [-0.15, -0.1) is 0 Å². The van der Waals surface area contributed by atoms with Gasteiger partial charge in [-0.25, -0.2) is 0 Å². The van der Waals surface area contributed by atoms with Crippen LogP contribution >= 0.6 is 0 Å². The first-order valence-electron chi connectivity index (χ1n) is 6.08. The van der Waals surface area contributed by atoms with Gasteiger partial charge in [0, 0.05) is 6.61 Å². The smallest absolute Gasteiger partial charge is 0.105 e. The van der Waals surface area contributed by atoms with Crippen molar-refractivity contribution in [2.45, 2.75) is 38.9 Å². The largest absolute Gasteiger partial charge is 0.386 e. The van der Waals surface area contributed by atoms with Crippen molar-refractivity contribution in [2.75, 3.05) is 6.61 Å². The first-order valence-corrected chi connectivity index (χ1v) is 6.08. The standard InChI is InChI=1S/C14H20O2/c1-3-16-14(11-7-8-11)13(15)12-6-4-5-10(2)9-12/h4-6,9,11,13-15H,3,7-8H2,1-2H3. The van der Waals surface area contributed by atoms with E-state index in [1.165, 1.54) is 18.4 Å². The van der Waals surface area contributed by atoms with Gasteiger partial charge in [-0.3, -0.25) is 0 Å². The lowest BCUT2D eigenvalue weighted by molar-refractivity contribution is -0.0462. The van der Waals surface area contributed by atoms with Crippen molar-refractivity contribution in [3.8, 4) is 0 Å². The molecular weight excluding hydrogens is 200 g/mol. The zero-order valence-corrected chi connectivity index (χ0v) is 10.0. The summed E-state index contributed by atoms with van der Waals surface area (Å²) in [6.07, 6.45) is 1.88. The van der Waals surface area contributed by atoms with E-state index in [4.69, 9.17) is 4.74 Å². The van der Waals surface area contributed by atoms with Gasteiger partial charge in [0.2, 0.25) is 0 Å². The van der Waals surface area contributed by atoms with Gasteiger partial charge in [0.1, 0.15) is 6.10 Å². The van der Waals surface area contributed by atoms with Crippen LogP contribution < -0.4 is 0 Å². The Kier molecular flexibility index (Phi) is 3.62.